The first kappa shape index (κ1) is 12.5. The zero-order valence-corrected chi connectivity index (χ0v) is 11.0. The van der Waals surface area contributed by atoms with Crippen molar-refractivity contribution in [2.45, 2.75) is 20.8 Å². The third kappa shape index (κ3) is 3.26. The number of fused-ring (bicyclic) bond motifs is 1. The number of aromatic nitrogens is 1. The molecule has 1 heterocycles. The summed E-state index contributed by atoms with van der Waals surface area (Å²) >= 11 is 0. The Morgan fingerprint density at radius 1 is 1.28 bits per heavy atom. The molecule has 0 unspecified atom stereocenters. The molecule has 2 rings (SSSR count). The van der Waals surface area contributed by atoms with Gasteiger partial charge in [0.1, 0.15) is 0 Å². The average molecular weight is 245 g/mol. The zero-order chi connectivity index (χ0) is 13.2. The number of carbonyl (C=O) groups excluding carboxylic acids is 1. The number of anilines is 1. The second-order valence-corrected chi connectivity index (χ2v) is 5.65. The third-order valence-electron chi connectivity index (χ3n) is 2.59. The second-order valence-electron chi connectivity index (χ2n) is 5.65. The number of H-pyrrole nitrogens is 1. The van der Waals surface area contributed by atoms with Crippen molar-refractivity contribution in [2.75, 3.05) is 11.9 Å². The van der Waals surface area contributed by atoms with Gasteiger partial charge >= 0.3 is 6.03 Å². The van der Waals surface area contributed by atoms with E-state index in [9.17, 15) is 4.79 Å². The van der Waals surface area contributed by atoms with Crippen molar-refractivity contribution in [3.05, 3.63) is 30.5 Å². The van der Waals surface area contributed by atoms with E-state index in [1.165, 1.54) is 0 Å². The van der Waals surface area contributed by atoms with Gasteiger partial charge in [-0.15, -0.1) is 0 Å². The van der Waals surface area contributed by atoms with E-state index in [4.69, 9.17) is 0 Å². The summed E-state index contributed by atoms with van der Waals surface area (Å²) in [5.41, 5.74) is 1.95. The summed E-state index contributed by atoms with van der Waals surface area (Å²) in [6.07, 6.45) is 1.88. The van der Waals surface area contributed by atoms with E-state index in [-0.39, 0.29) is 11.4 Å². The van der Waals surface area contributed by atoms with Gasteiger partial charge in [0.2, 0.25) is 0 Å². The predicted molar refractivity (Wildman–Crippen MR) is 74.8 cm³/mol. The monoisotopic (exact) mass is 245 g/mol. The van der Waals surface area contributed by atoms with Crippen molar-refractivity contribution < 1.29 is 4.79 Å². The fourth-order valence-corrected chi connectivity index (χ4v) is 1.65. The molecule has 0 spiro atoms. The van der Waals surface area contributed by atoms with Crippen LogP contribution in [0, 0.1) is 5.41 Å². The van der Waals surface area contributed by atoms with Crippen LogP contribution < -0.4 is 10.6 Å². The van der Waals surface area contributed by atoms with E-state index in [1.807, 2.05) is 30.5 Å². The topological polar surface area (TPSA) is 56.9 Å². The molecule has 4 nitrogen and oxygen atoms in total. The largest absolute Gasteiger partial charge is 0.361 e. The van der Waals surface area contributed by atoms with Crippen LogP contribution in [0.1, 0.15) is 20.8 Å². The molecular formula is C14H19N3O. The van der Waals surface area contributed by atoms with Gasteiger partial charge in [-0.1, -0.05) is 20.8 Å². The molecule has 18 heavy (non-hydrogen) atoms. The highest BCUT2D eigenvalue weighted by Gasteiger charge is 2.11. The van der Waals surface area contributed by atoms with E-state index in [0.29, 0.717) is 6.54 Å². The lowest BCUT2D eigenvalue weighted by molar-refractivity contribution is 0.247. The van der Waals surface area contributed by atoms with Crippen LogP contribution >= 0.6 is 0 Å². The fraction of sp³-hybridized carbons (Fsp3) is 0.357. The SMILES string of the molecule is CC(C)(C)CNC(=O)Nc1ccc2[nH]ccc2c1. The average Bonchev–Trinajstić information content (AvgIpc) is 2.72. The summed E-state index contributed by atoms with van der Waals surface area (Å²) in [6.45, 7) is 6.89. The highest BCUT2D eigenvalue weighted by Crippen LogP contribution is 2.17. The Balaban J connectivity index is 1.98. The fourth-order valence-electron chi connectivity index (χ4n) is 1.65. The molecule has 2 aromatic rings. The normalized spacial score (nSPS) is 11.5. The van der Waals surface area contributed by atoms with Crippen molar-refractivity contribution in [2.24, 2.45) is 5.41 Å². The quantitative estimate of drug-likeness (QED) is 0.746. The Kier molecular flexibility index (Phi) is 3.28. The Labute approximate surface area is 107 Å². The second kappa shape index (κ2) is 4.72. The lowest BCUT2D eigenvalue weighted by Crippen LogP contribution is -2.35. The Morgan fingerprint density at radius 2 is 2.06 bits per heavy atom. The van der Waals surface area contributed by atoms with Crippen molar-refractivity contribution in [1.82, 2.24) is 10.3 Å². The Hall–Kier alpha value is -1.97. The predicted octanol–water partition coefficient (Wildman–Crippen LogP) is 3.34. The molecule has 1 aromatic carbocycles. The summed E-state index contributed by atoms with van der Waals surface area (Å²) < 4.78 is 0. The summed E-state index contributed by atoms with van der Waals surface area (Å²) in [7, 11) is 0. The maximum Gasteiger partial charge on any atom is 0.319 e. The number of urea groups is 1. The third-order valence-corrected chi connectivity index (χ3v) is 2.59. The highest BCUT2D eigenvalue weighted by molar-refractivity contribution is 5.92. The first-order chi connectivity index (χ1) is 8.44. The molecule has 3 N–H and O–H groups in total. The number of hydrogen-bond donors (Lipinski definition) is 3. The van der Waals surface area contributed by atoms with Crippen molar-refractivity contribution in [1.29, 1.82) is 0 Å². The molecule has 0 bridgehead atoms. The summed E-state index contributed by atoms with van der Waals surface area (Å²) in [6, 6.07) is 7.60. The Morgan fingerprint density at radius 3 is 2.78 bits per heavy atom. The zero-order valence-electron chi connectivity index (χ0n) is 11.0. The van der Waals surface area contributed by atoms with E-state index in [2.05, 4.69) is 36.4 Å². The first-order valence-corrected chi connectivity index (χ1v) is 6.06. The van der Waals surface area contributed by atoms with Crippen LogP contribution in [-0.4, -0.2) is 17.6 Å². The van der Waals surface area contributed by atoms with Crippen LogP contribution in [-0.2, 0) is 0 Å². The minimum Gasteiger partial charge on any atom is -0.361 e. The van der Waals surface area contributed by atoms with Gasteiger partial charge < -0.3 is 15.6 Å². The van der Waals surface area contributed by atoms with Crippen molar-refractivity contribution in [3.8, 4) is 0 Å². The van der Waals surface area contributed by atoms with E-state index < -0.39 is 0 Å². The van der Waals surface area contributed by atoms with Crippen LogP contribution in [0.3, 0.4) is 0 Å². The molecule has 0 saturated heterocycles. The molecule has 0 fully saturated rings. The van der Waals surface area contributed by atoms with Crippen LogP contribution in [0.25, 0.3) is 10.9 Å². The number of hydrogen-bond acceptors (Lipinski definition) is 1. The van der Waals surface area contributed by atoms with Crippen molar-refractivity contribution >= 4 is 22.6 Å². The molecule has 0 atom stereocenters. The number of rotatable bonds is 2. The maximum absolute atomic E-state index is 11.7. The van der Waals surface area contributed by atoms with Crippen LogP contribution in [0.4, 0.5) is 10.5 Å². The standard InChI is InChI=1S/C14H19N3O/c1-14(2,3)9-16-13(18)17-11-4-5-12-10(8-11)6-7-15-12/h4-8,15H,9H2,1-3H3,(H2,16,17,18). The molecule has 96 valence electrons. The Bertz CT molecular complexity index is 551. The van der Waals surface area contributed by atoms with Gasteiger partial charge in [-0.3, -0.25) is 0 Å². The van der Waals surface area contributed by atoms with Crippen molar-refractivity contribution in [3.63, 3.8) is 0 Å². The molecule has 0 aliphatic carbocycles. The lowest BCUT2D eigenvalue weighted by atomic mass is 9.97. The minimum atomic E-state index is -0.167. The maximum atomic E-state index is 11.7. The molecule has 0 aliphatic rings. The van der Waals surface area contributed by atoms with Gasteiger partial charge in [-0.25, -0.2) is 4.79 Å². The van der Waals surface area contributed by atoms with E-state index in [1.54, 1.807) is 0 Å². The molecule has 4 heteroatoms. The minimum absolute atomic E-state index is 0.0853. The highest BCUT2D eigenvalue weighted by atomic mass is 16.2. The van der Waals surface area contributed by atoms with Gasteiger partial charge in [-0.2, -0.15) is 0 Å². The molecule has 0 radical (unpaired) electrons. The number of aromatic amines is 1. The van der Waals surface area contributed by atoms with E-state index in [0.717, 1.165) is 16.6 Å². The van der Waals surface area contributed by atoms with Crippen LogP contribution in [0.5, 0.6) is 0 Å². The van der Waals surface area contributed by atoms with Gasteiger partial charge in [-0.05, 0) is 29.7 Å². The number of amides is 2. The summed E-state index contributed by atoms with van der Waals surface area (Å²) in [5, 5.41) is 6.77. The number of carbonyl (C=O) groups is 1. The molecule has 0 aliphatic heterocycles. The van der Waals surface area contributed by atoms with Gasteiger partial charge in [0, 0.05) is 29.3 Å². The van der Waals surface area contributed by atoms with Gasteiger partial charge in [0.05, 0.1) is 0 Å². The lowest BCUT2D eigenvalue weighted by Gasteiger charge is -2.18. The first-order valence-electron chi connectivity index (χ1n) is 6.06. The number of benzene rings is 1. The molecular weight excluding hydrogens is 226 g/mol. The van der Waals surface area contributed by atoms with Gasteiger partial charge in [0.25, 0.3) is 0 Å². The summed E-state index contributed by atoms with van der Waals surface area (Å²) in [4.78, 5) is 14.8. The van der Waals surface area contributed by atoms with Gasteiger partial charge in [0.15, 0.2) is 0 Å². The van der Waals surface area contributed by atoms with E-state index >= 15 is 0 Å². The smallest absolute Gasteiger partial charge is 0.319 e. The van der Waals surface area contributed by atoms with Crippen LogP contribution in [0.2, 0.25) is 0 Å². The number of nitrogens with one attached hydrogen (secondary N) is 3. The molecule has 0 saturated carbocycles. The summed E-state index contributed by atoms with van der Waals surface area (Å²) in [5.74, 6) is 0. The van der Waals surface area contributed by atoms with Crippen LogP contribution in [0.15, 0.2) is 30.5 Å². The molecule has 2 amide bonds. The molecule has 1 aromatic heterocycles.